The van der Waals surface area contributed by atoms with Crippen molar-refractivity contribution >= 4 is 29.4 Å². The molecule has 152 valence electrons. The minimum Gasteiger partial charge on any atom is -0.458 e. The maximum atomic E-state index is 12.3. The summed E-state index contributed by atoms with van der Waals surface area (Å²) in [5.74, 6) is -0.398. The topological polar surface area (TPSA) is 67.4 Å². The number of rotatable bonds is 6. The molecule has 5 nitrogen and oxygen atoms in total. The molecule has 2 N–H and O–H groups in total. The van der Waals surface area contributed by atoms with Crippen LogP contribution < -0.4 is 10.6 Å². The molecule has 1 atom stereocenters. The predicted molar refractivity (Wildman–Crippen MR) is 99.6 cm³/mol. The Morgan fingerprint density at radius 2 is 1.67 bits per heavy atom. The van der Waals surface area contributed by atoms with Crippen LogP contribution in [0.1, 0.15) is 41.0 Å². The molecule has 0 saturated carbocycles. The summed E-state index contributed by atoms with van der Waals surface area (Å²) < 4.78 is 42.3. The van der Waals surface area contributed by atoms with Gasteiger partial charge in [-0.2, -0.15) is 13.2 Å². The fourth-order valence-electron chi connectivity index (χ4n) is 2.12. The molecular formula is C18H25F3N2O3S. The van der Waals surface area contributed by atoms with E-state index in [1.807, 2.05) is 13.8 Å². The van der Waals surface area contributed by atoms with E-state index < -0.39 is 29.2 Å². The first-order valence-corrected chi connectivity index (χ1v) is 9.23. The third kappa shape index (κ3) is 10.1. The Morgan fingerprint density at radius 1 is 1.11 bits per heavy atom. The summed E-state index contributed by atoms with van der Waals surface area (Å²) in [7, 11) is 0. The van der Waals surface area contributed by atoms with E-state index in [-0.39, 0.29) is 22.6 Å². The minimum absolute atomic E-state index is 0.0138. The molecule has 0 fully saturated rings. The lowest BCUT2D eigenvalue weighted by Crippen LogP contribution is -2.46. The highest BCUT2D eigenvalue weighted by molar-refractivity contribution is 8.00. The molecule has 27 heavy (non-hydrogen) atoms. The number of nitrogens with one attached hydrogen (secondary N) is 2. The molecule has 9 heteroatoms. The van der Waals surface area contributed by atoms with E-state index in [4.69, 9.17) is 4.74 Å². The van der Waals surface area contributed by atoms with E-state index >= 15 is 0 Å². The van der Waals surface area contributed by atoms with Crippen molar-refractivity contribution in [2.24, 2.45) is 5.92 Å². The van der Waals surface area contributed by atoms with Gasteiger partial charge >= 0.3 is 17.5 Å². The first kappa shape index (κ1) is 23.1. The summed E-state index contributed by atoms with van der Waals surface area (Å²) in [6, 6.07) is 3.77. The predicted octanol–water partition coefficient (Wildman–Crippen LogP) is 5.18. The van der Waals surface area contributed by atoms with Crippen LogP contribution in [-0.2, 0) is 9.53 Å². The third-order valence-corrected chi connectivity index (χ3v) is 3.79. The number of anilines is 1. The maximum absolute atomic E-state index is 12.3. The second-order valence-corrected chi connectivity index (χ2v) is 8.52. The molecule has 1 unspecified atom stereocenters. The van der Waals surface area contributed by atoms with Gasteiger partial charge in [0.05, 0.1) is 0 Å². The average molecular weight is 406 g/mol. The lowest BCUT2D eigenvalue weighted by molar-refractivity contribution is -0.157. The number of halogens is 3. The highest BCUT2D eigenvalue weighted by atomic mass is 32.2. The minimum atomic E-state index is -4.37. The van der Waals surface area contributed by atoms with Crippen LogP contribution in [-0.4, -0.2) is 29.2 Å². The Labute approximate surface area is 161 Å². The summed E-state index contributed by atoms with van der Waals surface area (Å²) in [5, 5.41) is 5.07. The van der Waals surface area contributed by atoms with Crippen LogP contribution in [0.5, 0.6) is 0 Å². The molecule has 0 bridgehead atoms. The number of carbonyl (C=O) groups excluding carboxylic acids is 2. The number of carbonyl (C=O) groups is 2. The number of thioether (sulfide) groups is 1. The smallest absolute Gasteiger partial charge is 0.446 e. The Bertz CT molecular complexity index is 641. The summed E-state index contributed by atoms with van der Waals surface area (Å²) >= 11 is -0.235. The normalized spacial score (nSPS) is 13.2. The quantitative estimate of drug-likeness (QED) is 0.505. The van der Waals surface area contributed by atoms with Crippen molar-refractivity contribution in [1.29, 1.82) is 0 Å². The van der Waals surface area contributed by atoms with Crippen molar-refractivity contribution in [1.82, 2.24) is 5.32 Å². The summed E-state index contributed by atoms with van der Waals surface area (Å²) in [6.07, 6.45) is 0.392. The maximum Gasteiger partial charge on any atom is 0.446 e. The van der Waals surface area contributed by atoms with Crippen molar-refractivity contribution in [3.8, 4) is 0 Å². The Balaban J connectivity index is 2.71. The molecule has 1 rings (SSSR count). The van der Waals surface area contributed by atoms with Crippen LogP contribution in [0.2, 0.25) is 0 Å². The Hall–Kier alpha value is -1.90. The highest BCUT2D eigenvalue weighted by Gasteiger charge is 2.29. The van der Waals surface area contributed by atoms with Crippen LogP contribution in [0.15, 0.2) is 29.2 Å². The van der Waals surface area contributed by atoms with Gasteiger partial charge in [-0.05, 0) is 69.1 Å². The largest absolute Gasteiger partial charge is 0.458 e. The van der Waals surface area contributed by atoms with E-state index in [0.29, 0.717) is 12.1 Å². The molecule has 1 aromatic carbocycles. The summed E-state index contributed by atoms with van der Waals surface area (Å²) in [4.78, 5) is 24.5. The van der Waals surface area contributed by atoms with E-state index in [1.54, 1.807) is 20.8 Å². The van der Waals surface area contributed by atoms with Crippen LogP contribution >= 0.6 is 11.8 Å². The number of benzene rings is 1. The lowest BCUT2D eigenvalue weighted by atomic mass is 10.0. The molecule has 0 heterocycles. The summed E-state index contributed by atoms with van der Waals surface area (Å²) in [6.45, 7) is 9.02. The first-order chi connectivity index (χ1) is 12.2. The number of esters is 1. The van der Waals surface area contributed by atoms with Gasteiger partial charge in [-0.1, -0.05) is 13.8 Å². The van der Waals surface area contributed by atoms with E-state index in [9.17, 15) is 22.8 Å². The Morgan fingerprint density at radius 3 is 2.11 bits per heavy atom. The van der Waals surface area contributed by atoms with Gasteiger partial charge in [0.15, 0.2) is 0 Å². The third-order valence-electron chi connectivity index (χ3n) is 3.05. The standard InChI is InChI=1S/C18H25F3N2O3S/c1-11(2)10-14(15(24)26-17(3,4)5)23-16(25)22-12-6-8-13(9-7-12)27-18(19,20)21/h6-9,11,14H,10H2,1-5H3,(H2,22,23,25). The second-order valence-electron chi connectivity index (χ2n) is 7.39. The molecule has 0 aliphatic heterocycles. The van der Waals surface area contributed by atoms with Crippen molar-refractivity contribution in [2.75, 3.05) is 5.32 Å². The second kappa shape index (κ2) is 9.34. The first-order valence-electron chi connectivity index (χ1n) is 8.41. The van der Waals surface area contributed by atoms with Gasteiger partial charge in [-0.15, -0.1) is 0 Å². The molecular weight excluding hydrogens is 381 g/mol. The zero-order valence-corrected chi connectivity index (χ0v) is 16.8. The lowest BCUT2D eigenvalue weighted by Gasteiger charge is -2.25. The van der Waals surface area contributed by atoms with E-state index in [1.165, 1.54) is 24.3 Å². The number of urea groups is 1. The molecule has 0 spiro atoms. The molecule has 2 amide bonds. The zero-order chi connectivity index (χ0) is 20.8. The van der Waals surface area contributed by atoms with Gasteiger partial charge in [0, 0.05) is 10.6 Å². The van der Waals surface area contributed by atoms with Crippen molar-refractivity contribution in [2.45, 2.75) is 63.1 Å². The molecule has 0 saturated heterocycles. The molecule has 0 aromatic heterocycles. The van der Waals surface area contributed by atoms with E-state index in [0.717, 1.165) is 0 Å². The fourth-order valence-corrected chi connectivity index (χ4v) is 2.66. The number of alkyl halides is 3. The monoisotopic (exact) mass is 406 g/mol. The van der Waals surface area contributed by atoms with E-state index in [2.05, 4.69) is 10.6 Å². The van der Waals surface area contributed by atoms with Crippen molar-refractivity contribution < 1.29 is 27.5 Å². The molecule has 0 radical (unpaired) electrons. The molecule has 1 aromatic rings. The van der Waals surface area contributed by atoms with Crippen LogP contribution in [0.4, 0.5) is 23.7 Å². The van der Waals surface area contributed by atoms with Crippen LogP contribution in [0.25, 0.3) is 0 Å². The SMILES string of the molecule is CC(C)CC(NC(=O)Nc1ccc(SC(F)(F)F)cc1)C(=O)OC(C)(C)C. The van der Waals surface area contributed by atoms with Crippen LogP contribution in [0, 0.1) is 5.92 Å². The van der Waals surface area contributed by atoms with Crippen molar-refractivity contribution in [3.05, 3.63) is 24.3 Å². The van der Waals surface area contributed by atoms with Crippen LogP contribution in [0.3, 0.4) is 0 Å². The number of hydrogen-bond donors (Lipinski definition) is 2. The number of amides is 2. The van der Waals surface area contributed by atoms with Gasteiger partial charge in [-0.3, -0.25) is 0 Å². The zero-order valence-electron chi connectivity index (χ0n) is 15.9. The Kier molecular flexibility index (Phi) is 8.01. The molecule has 0 aliphatic rings. The number of hydrogen-bond acceptors (Lipinski definition) is 4. The fraction of sp³-hybridized carbons (Fsp3) is 0.556. The summed E-state index contributed by atoms with van der Waals surface area (Å²) in [5.41, 5.74) is -4.74. The number of ether oxygens (including phenoxy) is 1. The van der Waals surface area contributed by atoms with Crippen molar-refractivity contribution in [3.63, 3.8) is 0 Å². The average Bonchev–Trinajstić information content (AvgIpc) is 2.45. The highest BCUT2D eigenvalue weighted by Crippen LogP contribution is 2.37. The van der Waals surface area contributed by atoms with Gasteiger partial charge in [-0.25, -0.2) is 9.59 Å². The van der Waals surface area contributed by atoms with Gasteiger partial charge < -0.3 is 15.4 Å². The van der Waals surface area contributed by atoms with Gasteiger partial charge in [0.2, 0.25) is 0 Å². The van der Waals surface area contributed by atoms with Gasteiger partial charge in [0.1, 0.15) is 11.6 Å². The van der Waals surface area contributed by atoms with Gasteiger partial charge in [0.25, 0.3) is 0 Å². The molecule has 0 aliphatic carbocycles.